The van der Waals surface area contributed by atoms with Crippen molar-refractivity contribution in [2.24, 2.45) is 0 Å². The first kappa shape index (κ1) is 15.8. The molecule has 0 saturated heterocycles. The number of aromatic nitrogens is 1. The number of nitrogens with one attached hydrogen (secondary N) is 1. The molecule has 6 heteroatoms. The zero-order valence-corrected chi connectivity index (χ0v) is 12.8. The van der Waals surface area contributed by atoms with E-state index < -0.39 is 17.7 Å². The fourth-order valence-corrected chi connectivity index (χ4v) is 2.30. The Morgan fingerprint density at radius 2 is 2.00 bits per heavy atom. The van der Waals surface area contributed by atoms with E-state index in [4.69, 9.17) is 4.74 Å². The number of ether oxygens (including phenoxy) is 1. The molecular weight excluding hydrogens is 284 g/mol. The van der Waals surface area contributed by atoms with Gasteiger partial charge in [-0.15, -0.1) is 0 Å². The smallest absolute Gasteiger partial charge is 0.308 e. The van der Waals surface area contributed by atoms with E-state index in [1.807, 2.05) is 6.92 Å². The van der Waals surface area contributed by atoms with Crippen LogP contribution in [-0.4, -0.2) is 41.1 Å². The van der Waals surface area contributed by atoms with Crippen molar-refractivity contribution in [3.05, 3.63) is 30.0 Å². The highest BCUT2D eigenvalue weighted by molar-refractivity contribution is 6.45. The van der Waals surface area contributed by atoms with Crippen molar-refractivity contribution in [3.8, 4) is 5.75 Å². The van der Waals surface area contributed by atoms with E-state index in [-0.39, 0.29) is 11.3 Å². The summed E-state index contributed by atoms with van der Waals surface area (Å²) in [5.74, 6) is -1.43. The lowest BCUT2D eigenvalue weighted by molar-refractivity contribution is -0.131. The molecule has 0 bridgehead atoms. The molecule has 22 heavy (non-hydrogen) atoms. The Labute approximate surface area is 128 Å². The molecule has 0 aliphatic carbocycles. The maximum absolute atomic E-state index is 12.4. The molecule has 1 heterocycles. The van der Waals surface area contributed by atoms with Crippen LogP contribution in [0.4, 0.5) is 0 Å². The second kappa shape index (κ2) is 6.43. The summed E-state index contributed by atoms with van der Waals surface area (Å²) in [5.41, 5.74) is 0.841. The van der Waals surface area contributed by atoms with Crippen molar-refractivity contribution in [1.29, 1.82) is 0 Å². The average molecular weight is 302 g/mol. The quantitative estimate of drug-likeness (QED) is 0.397. The van der Waals surface area contributed by atoms with Gasteiger partial charge in [0.2, 0.25) is 0 Å². The third-order valence-electron chi connectivity index (χ3n) is 3.27. The summed E-state index contributed by atoms with van der Waals surface area (Å²) >= 11 is 0. The Bertz CT molecular complexity index is 733. The molecule has 0 atom stereocenters. The molecule has 0 aliphatic rings. The highest BCUT2D eigenvalue weighted by Gasteiger charge is 2.24. The molecule has 116 valence electrons. The molecule has 0 unspecified atom stereocenters. The molecule has 1 amide bonds. The van der Waals surface area contributed by atoms with Crippen LogP contribution in [0.25, 0.3) is 10.9 Å². The minimum absolute atomic E-state index is 0.208. The molecule has 0 aliphatic heterocycles. The van der Waals surface area contributed by atoms with E-state index in [0.717, 1.165) is 6.42 Å². The molecule has 2 aromatic rings. The van der Waals surface area contributed by atoms with E-state index in [9.17, 15) is 14.4 Å². The van der Waals surface area contributed by atoms with Crippen LogP contribution >= 0.6 is 0 Å². The van der Waals surface area contributed by atoms with Gasteiger partial charge in [0.05, 0.1) is 10.9 Å². The number of hydrogen-bond acceptors (Lipinski definition) is 4. The van der Waals surface area contributed by atoms with Gasteiger partial charge in [0.15, 0.2) is 0 Å². The van der Waals surface area contributed by atoms with Gasteiger partial charge in [-0.2, -0.15) is 0 Å². The lowest BCUT2D eigenvalue weighted by atomic mass is 10.1. The summed E-state index contributed by atoms with van der Waals surface area (Å²) < 4.78 is 5.13. The van der Waals surface area contributed by atoms with Crippen LogP contribution < -0.4 is 4.74 Å². The number of carbonyl (C=O) groups is 3. The minimum atomic E-state index is -0.623. The lowest BCUT2D eigenvalue weighted by Gasteiger charge is -2.14. The first-order valence-corrected chi connectivity index (χ1v) is 7.04. The number of esters is 1. The fraction of sp³-hybridized carbons (Fsp3) is 0.312. The number of rotatable bonds is 5. The Morgan fingerprint density at radius 1 is 1.27 bits per heavy atom. The van der Waals surface area contributed by atoms with Crippen molar-refractivity contribution in [2.45, 2.75) is 20.3 Å². The second-order valence-corrected chi connectivity index (χ2v) is 5.03. The number of carbonyl (C=O) groups excluding carboxylic acids is 3. The van der Waals surface area contributed by atoms with Crippen LogP contribution in [0, 0.1) is 0 Å². The third-order valence-corrected chi connectivity index (χ3v) is 3.27. The zero-order valence-electron chi connectivity index (χ0n) is 12.8. The standard InChI is InChI=1S/C16H18N2O4/c1-4-8-18(3)16(21)15(20)11-9-17-12-6-5-7-13(14(11)12)22-10(2)19/h5-7,9,17H,4,8H2,1-3H3. The number of aromatic amines is 1. The Balaban J connectivity index is 2.45. The molecular formula is C16H18N2O4. The van der Waals surface area contributed by atoms with Crippen molar-refractivity contribution < 1.29 is 19.1 Å². The maximum atomic E-state index is 12.4. The first-order valence-electron chi connectivity index (χ1n) is 7.04. The molecule has 1 aromatic carbocycles. The van der Waals surface area contributed by atoms with Gasteiger partial charge in [-0.25, -0.2) is 0 Å². The number of likely N-dealkylation sites (N-methyl/N-ethyl adjacent to an activating group) is 1. The van der Waals surface area contributed by atoms with Crippen molar-refractivity contribution in [1.82, 2.24) is 9.88 Å². The molecule has 1 N–H and O–H groups in total. The normalized spacial score (nSPS) is 10.5. The number of benzene rings is 1. The lowest BCUT2D eigenvalue weighted by Crippen LogP contribution is -2.33. The summed E-state index contributed by atoms with van der Waals surface area (Å²) in [5, 5.41) is 0.445. The van der Waals surface area contributed by atoms with E-state index in [2.05, 4.69) is 4.98 Å². The topological polar surface area (TPSA) is 79.5 Å². The minimum Gasteiger partial charge on any atom is -0.426 e. The van der Waals surface area contributed by atoms with Gasteiger partial charge in [0.25, 0.3) is 11.7 Å². The van der Waals surface area contributed by atoms with Gasteiger partial charge in [-0.1, -0.05) is 13.0 Å². The van der Waals surface area contributed by atoms with Crippen LogP contribution in [-0.2, 0) is 9.59 Å². The van der Waals surface area contributed by atoms with E-state index in [0.29, 0.717) is 17.4 Å². The predicted octanol–water partition coefficient (Wildman–Crippen LogP) is 2.14. The van der Waals surface area contributed by atoms with Gasteiger partial charge in [-0.3, -0.25) is 14.4 Å². The molecule has 1 aromatic heterocycles. The number of amides is 1. The van der Waals surface area contributed by atoms with Crippen LogP contribution in [0.5, 0.6) is 5.75 Å². The number of nitrogens with zero attached hydrogens (tertiary/aromatic N) is 1. The Hall–Kier alpha value is -2.63. The monoisotopic (exact) mass is 302 g/mol. The number of H-pyrrole nitrogens is 1. The molecule has 0 spiro atoms. The average Bonchev–Trinajstić information content (AvgIpc) is 2.90. The van der Waals surface area contributed by atoms with Gasteiger partial charge in [0.1, 0.15) is 5.75 Å². The summed E-state index contributed by atoms with van der Waals surface area (Å²) in [4.78, 5) is 40.1. The van der Waals surface area contributed by atoms with Crippen LogP contribution in [0.1, 0.15) is 30.6 Å². The maximum Gasteiger partial charge on any atom is 0.308 e. The number of hydrogen-bond donors (Lipinski definition) is 1. The van der Waals surface area contributed by atoms with Crippen LogP contribution in [0.3, 0.4) is 0 Å². The van der Waals surface area contributed by atoms with Crippen molar-refractivity contribution >= 4 is 28.6 Å². The van der Waals surface area contributed by atoms with Crippen molar-refractivity contribution in [2.75, 3.05) is 13.6 Å². The van der Waals surface area contributed by atoms with Gasteiger partial charge < -0.3 is 14.6 Å². The predicted molar refractivity (Wildman–Crippen MR) is 81.9 cm³/mol. The molecule has 6 nitrogen and oxygen atoms in total. The molecule has 0 saturated carbocycles. The van der Waals surface area contributed by atoms with Crippen LogP contribution in [0.15, 0.2) is 24.4 Å². The van der Waals surface area contributed by atoms with E-state index in [1.54, 1.807) is 25.2 Å². The SMILES string of the molecule is CCCN(C)C(=O)C(=O)c1c[nH]c2cccc(OC(C)=O)c12. The zero-order chi connectivity index (χ0) is 16.3. The molecule has 0 radical (unpaired) electrons. The van der Waals surface area contributed by atoms with Crippen molar-refractivity contribution in [3.63, 3.8) is 0 Å². The summed E-state index contributed by atoms with van der Waals surface area (Å²) in [6.07, 6.45) is 2.24. The van der Waals surface area contributed by atoms with Gasteiger partial charge in [0, 0.05) is 32.2 Å². The highest BCUT2D eigenvalue weighted by atomic mass is 16.5. The highest BCUT2D eigenvalue weighted by Crippen LogP contribution is 2.29. The molecule has 0 fully saturated rings. The third kappa shape index (κ3) is 3.00. The van der Waals surface area contributed by atoms with Gasteiger partial charge >= 0.3 is 5.97 Å². The number of Topliss-reactive ketones (excluding diaryl/α,β-unsaturated/α-hetero) is 1. The second-order valence-electron chi connectivity index (χ2n) is 5.03. The molecule has 2 rings (SSSR count). The number of fused-ring (bicyclic) bond motifs is 1. The fourth-order valence-electron chi connectivity index (χ4n) is 2.30. The van der Waals surface area contributed by atoms with Crippen LogP contribution in [0.2, 0.25) is 0 Å². The number of ketones is 1. The van der Waals surface area contributed by atoms with Gasteiger partial charge in [-0.05, 0) is 18.6 Å². The summed E-state index contributed by atoms with van der Waals surface area (Å²) in [7, 11) is 1.59. The van der Waals surface area contributed by atoms with E-state index in [1.165, 1.54) is 18.0 Å². The summed E-state index contributed by atoms with van der Waals surface area (Å²) in [6.45, 7) is 3.72. The summed E-state index contributed by atoms with van der Waals surface area (Å²) in [6, 6.07) is 5.05. The Kier molecular flexibility index (Phi) is 4.60. The largest absolute Gasteiger partial charge is 0.426 e. The van der Waals surface area contributed by atoms with E-state index >= 15 is 0 Å². The first-order chi connectivity index (χ1) is 10.5. The Morgan fingerprint density at radius 3 is 2.64 bits per heavy atom.